The molecule has 0 radical (unpaired) electrons. The number of benzene rings is 2. The summed E-state index contributed by atoms with van der Waals surface area (Å²) in [4.78, 5) is 7.77. The quantitative estimate of drug-likeness (QED) is 0.717. The van der Waals surface area contributed by atoms with Crippen LogP contribution in [0.4, 0.5) is 0 Å². The number of allylic oxidation sites excluding steroid dienone is 2. The van der Waals surface area contributed by atoms with Crippen molar-refractivity contribution in [2.75, 3.05) is 0 Å². The van der Waals surface area contributed by atoms with Gasteiger partial charge in [0.25, 0.3) is 0 Å². The van der Waals surface area contributed by atoms with E-state index in [0.29, 0.717) is 11.4 Å². The fraction of sp³-hybridized carbons (Fsp3) is 0.158. The zero-order chi connectivity index (χ0) is 15.5. The number of aryl methyl sites for hydroxylation is 1. The number of hydrogen-bond acceptors (Lipinski definition) is 2. The highest BCUT2D eigenvalue weighted by atomic mass is 14.9. The smallest absolute Gasteiger partial charge is 0.148 e. The lowest BCUT2D eigenvalue weighted by Gasteiger charge is -2.06. The molecule has 0 aliphatic carbocycles. The van der Waals surface area contributed by atoms with Crippen LogP contribution in [0.1, 0.15) is 29.8 Å². The molecule has 1 heterocycles. The number of imidazole rings is 1. The van der Waals surface area contributed by atoms with E-state index in [1.165, 1.54) is 11.1 Å². The van der Waals surface area contributed by atoms with Crippen LogP contribution in [0.15, 0.2) is 54.6 Å². The minimum absolute atomic E-state index is 0.158. The number of hydrogen-bond donors (Lipinski definition) is 1. The Hall–Kier alpha value is -2.86. The first-order chi connectivity index (χ1) is 10.7. The standard InChI is InChI=1S/C19H17N3/c1-13-8-9-17-18(10-13)22-19(21-17)16(12-20)11-14(2)15-6-4-3-5-7-15/h3-11,14H,1-2H3,(H,21,22)/b16-11-. The fourth-order valence-corrected chi connectivity index (χ4v) is 2.52. The molecule has 1 N–H and O–H groups in total. The predicted octanol–water partition coefficient (Wildman–Crippen LogP) is 4.58. The van der Waals surface area contributed by atoms with Gasteiger partial charge in [-0.15, -0.1) is 0 Å². The number of aromatic nitrogens is 2. The van der Waals surface area contributed by atoms with Crippen LogP contribution in [0.3, 0.4) is 0 Å². The second-order valence-corrected chi connectivity index (χ2v) is 5.50. The van der Waals surface area contributed by atoms with Crippen LogP contribution in [0.25, 0.3) is 16.6 Å². The normalized spacial score (nSPS) is 13.0. The second kappa shape index (κ2) is 5.87. The van der Waals surface area contributed by atoms with Gasteiger partial charge in [-0.3, -0.25) is 0 Å². The first kappa shape index (κ1) is 14.1. The van der Waals surface area contributed by atoms with Crippen LogP contribution in [-0.2, 0) is 0 Å². The molecule has 0 bridgehead atoms. The molecule has 2 aromatic carbocycles. The zero-order valence-electron chi connectivity index (χ0n) is 12.7. The van der Waals surface area contributed by atoms with Crippen molar-refractivity contribution in [3.8, 4) is 6.07 Å². The molecule has 0 aliphatic heterocycles. The van der Waals surface area contributed by atoms with Gasteiger partial charge in [0.05, 0.1) is 16.6 Å². The molecule has 0 amide bonds. The number of nitrogens with zero attached hydrogens (tertiary/aromatic N) is 2. The van der Waals surface area contributed by atoms with Gasteiger partial charge in [-0.2, -0.15) is 5.26 Å². The van der Waals surface area contributed by atoms with Gasteiger partial charge in [0.2, 0.25) is 0 Å². The van der Waals surface area contributed by atoms with Gasteiger partial charge in [0, 0.05) is 5.92 Å². The number of rotatable bonds is 3. The van der Waals surface area contributed by atoms with E-state index >= 15 is 0 Å². The second-order valence-electron chi connectivity index (χ2n) is 5.50. The highest BCUT2D eigenvalue weighted by Crippen LogP contribution is 2.23. The minimum atomic E-state index is 0.158. The molecule has 3 nitrogen and oxygen atoms in total. The molecule has 0 aliphatic rings. The summed E-state index contributed by atoms with van der Waals surface area (Å²) in [6.07, 6.45) is 1.96. The molecule has 0 saturated heterocycles. The van der Waals surface area contributed by atoms with Gasteiger partial charge >= 0.3 is 0 Å². The summed E-state index contributed by atoms with van der Waals surface area (Å²) in [5.41, 5.74) is 4.77. The number of nitriles is 1. The third-order valence-corrected chi connectivity index (χ3v) is 3.75. The molecule has 22 heavy (non-hydrogen) atoms. The Morgan fingerprint density at radius 2 is 2.00 bits per heavy atom. The summed E-state index contributed by atoms with van der Waals surface area (Å²) in [6.45, 7) is 4.12. The Bertz CT molecular complexity index is 867. The Morgan fingerprint density at radius 1 is 1.23 bits per heavy atom. The summed E-state index contributed by atoms with van der Waals surface area (Å²) >= 11 is 0. The summed E-state index contributed by atoms with van der Waals surface area (Å²) in [5, 5.41) is 9.48. The molecule has 0 fully saturated rings. The van der Waals surface area contributed by atoms with E-state index in [2.05, 4.69) is 35.1 Å². The van der Waals surface area contributed by atoms with Crippen LogP contribution in [0.5, 0.6) is 0 Å². The molecule has 1 atom stereocenters. The monoisotopic (exact) mass is 287 g/mol. The van der Waals surface area contributed by atoms with Gasteiger partial charge in [0.15, 0.2) is 0 Å². The maximum absolute atomic E-state index is 9.48. The first-order valence-corrected chi connectivity index (χ1v) is 7.31. The van der Waals surface area contributed by atoms with Gasteiger partial charge in [-0.25, -0.2) is 4.98 Å². The van der Waals surface area contributed by atoms with E-state index in [1.807, 2.05) is 49.4 Å². The van der Waals surface area contributed by atoms with E-state index in [4.69, 9.17) is 0 Å². The zero-order valence-corrected chi connectivity index (χ0v) is 12.7. The van der Waals surface area contributed by atoms with Crippen molar-refractivity contribution in [3.05, 3.63) is 71.6 Å². The molecule has 0 saturated carbocycles. The molecular weight excluding hydrogens is 270 g/mol. The molecule has 3 heteroatoms. The van der Waals surface area contributed by atoms with Crippen LogP contribution in [-0.4, -0.2) is 9.97 Å². The van der Waals surface area contributed by atoms with E-state index in [-0.39, 0.29) is 5.92 Å². The molecule has 3 rings (SSSR count). The lowest BCUT2D eigenvalue weighted by molar-refractivity contribution is 0.968. The molecule has 1 aromatic heterocycles. The maximum Gasteiger partial charge on any atom is 0.148 e. The first-order valence-electron chi connectivity index (χ1n) is 7.31. The van der Waals surface area contributed by atoms with Gasteiger partial charge in [-0.1, -0.05) is 49.4 Å². The van der Waals surface area contributed by atoms with Crippen LogP contribution >= 0.6 is 0 Å². The van der Waals surface area contributed by atoms with Crippen molar-refractivity contribution in [3.63, 3.8) is 0 Å². The molecule has 1 unspecified atom stereocenters. The van der Waals surface area contributed by atoms with Gasteiger partial charge < -0.3 is 4.98 Å². The highest BCUT2D eigenvalue weighted by Gasteiger charge is 2.10. The number of fused-ring (bicyclic) bond motifs is 1. The SMILES string of the molecule is Cc1ccc2nc(/C(C#N)=C\C(C)c3ccccc3)[nH]c2c1. The highest BCUT2D eigenvalue weighted by molar-refractivity contribution is 5.82. The molecule has 3 aromatic rings. The van der Waals surface area contributed by atoms with Crippen molar-refractivity contribution in [2.45, 2.75) is 19.8 Å². The van der Waals surface area contributed by atoms with E-state index < -0.39 is 0 Å². The third kappa shape index (κ3) is 2.77. The number of H-pyrrole nitrogens is 1. The number of nitrogens with one attached hydrogen (secondary N) is 1. The molecular formula is C19H17N3. The average molecular weight is 287 g/mol. The summed E-state index contributed by atoms with van der Waals surface area (Å²) in [5.74, 6) is 0.789. The summed E-state index contributed by atoms with van der Waals surface area (Å²) in [7, 11) is 0. The maximum atomic E-state index is 9.48. The lowest BCUT2D eigenvalue weighted by Crippen LogP contribution is -1.92. The van der Waals surface area contributed by atoms with Crippen molar-refractivity contribution >= 4 is 16.6 Å². The Kier molecular flexibility index (Phi) is 3.76. The van der Waals surface area contributed by atoms with Crippen LogP contribution < -0.4 is 0 Å². The van der Waals surface area contributed by atoms with E-state index in [1.54, 1.807) is 0 Å². The topological polar surface area (TPSA) is 52.5 Å². The molecule has 108 valence electrons. The summed E-state index contributed by atoms with van der Waals surface area (Å²) < 4.78 is 0. The average Bonchev–Trinajstić information content (AvgIpc) is 2.96. The summed E-state index contributed by atoms with van der Waals surface area (Å²) in [6, 6.07) is 18.4. The van der Waals surface area contributed by atoms with Crippen LogP contribution in [0, 0.1) is 18.3 Å². The molecule has 0 spiro atoms. The van der Waals surface area contributed by atoms with Crippen molar-refractivity contribution in [1.82, 2.24) is 9.97 Å². The minimum Gasteiger partial charge on any atom is -0.337 e. The van der Waals surface area contributed by atoms with Crippen molar-refractivity contribution in [2.24, 2.45) is 0 Å². The van der Waals surface area contributed by atoms with Crippen molar-refractivity contribution < 1.29 is 0 Å². The fourth-order valence-electron chi connectivity index (χ4n) is 2.52. The van der Waals surface area contributed by atoms with E-state index in [9.17, 15) is 5.26 Å². The number of aromatic amines is 1. The Labute approximate surface area is 129 Å². The van der Waals surface area contributed by atoms with E-state index in [0.717, 1.165) is 11.0 Å². The predicted molar refractivity (Wildman–Crippen MR) is 89.3 cm³/mol. The lowest BCUT2D eigenvalue weighted by atomic mass is 9.98. The van der Waals surface area contributed by atoms with Crippen molar-refractivity contribution in [1.29, 1.82) is 5.26 Å². The van der Waals surface area contributed by atoms with Crippen LogP contribution in [0.2, 0.25) is 0 Å². The Morgan fingerprint density at radius 3 is 2.73 bits per heavy atom. The van der Waals surface area contributed by atoms with Gasteiger partial charge in [-0.05, 0) is 30.2 Å². The Balaban J connectivity index is 1.99. The van der Waals surface area contributed by atoms with Gasteiger partial charge in [0.1, 0.15) is 11.9 Å². The third-order valence-electron chi connectivity index (χ3n) is 3.75. The largest absolute Gasteiger partial charge is 0.337 e.